The van der Waals surface area contributed by atoms with E-state index in [-0.39, 0.29) is 0 Å². The first-order chi connectivity index (χ1) is 27.4. The van der Waals surface area contributed by atoms with E-state index in [0.29, 0.717) is 0 Å². The van der Waals surface area contributed by atoms with E-state index in [1.165, 1.54) is 50.3 Å². The summed E-state index contributed by atoms with van der Waals surface area (Å²) in [7, 11) is 0. The molecular formula is C50H60N6. The number of nitrogens with two attached hydrogens (primary N) is 2. The van der Waals surface area contributed by atoms with E-state index in [1.54, 1.807) is 0 Å². The quantitative estimate of drug-likeness (QED) is 0.0759. The van der Waals surface area contributed by atoms with E-state index >= 15 is 0 Å². The highest BCUT2D eigenvalue weighted by molar-refractivity contribution is 5.49. The second-order valence-corrected chi connectivity index (χ2v) is 14.9. The van der Waals surface area contributed by atoms with Gasteiger partial charge in [0.15, 0.2) is 0 Å². The maximum absolute atomic E-state index is 5.99. The average Bonchev–Trinajstić information content (AvgIpc) is 3.22. The van der Waals surface area contributed by atoms with Crippen LogP contribution in [0, 0.1) is 0 Å². The molecule has 6 heteroatoms. The molecule has 0 aliphatic rings. The fourth-order valence-corrected chi connectivity index (χ4v) is 7.54. The number of nitrogens with zero attached hydrogens (tertiary/aromatic N) is 4. The molecule has 6 aromatic carbocycles. The van der Waals surface area contributed by atoms with Crippen molar-refractivity contribution in [2.45, 2.75) is 66.5 Å². The highest BCUT2D eigenvalue weighted by Gasteiger charge is 2.13. The van der Waals surface area contributed by atoms with Gasteiger partial charge in [-0.05, 0) is 115 Å². The summed E-state index contributed by atoms with van der Waals surface area (Å²) in [5.74, 6) is 0. The molecule has 56 heavy (non-hydrogen) atoms. The molecular weight excluding hydrogens is 685 g/mol. The summed E-state index contributed by atoms with van der Waals surface area (Å²) in [4.78, 5) is 9.92. The lowest BCUT2D eigenvalue weighted by molar-refractivity contribution is 0.247. The zero-order chi connectivity index (χ0) is 39.1. The topological polar surface area (TPSA) is 65.0 Å². The van der Waals surface area contributed by atoms with Crippen molar-refractivity contribution in [1.82, 2.24) is 9.80 Å². The van der Waals surface area contributed by atoms with Crippen LogP contribution in [0.3, 0.4) is 0 Å². The van der Waals surface area contributed by atoms with Crippen molar-refractivity contribution in [3.63, 3.8) is 0 Å². The van der Waals surface area contributed by atoms with Crippen LogP contribution in [-0.4, -0.2) is 36.0 Å². The summed E-state index contributed by atoms with van der Waals surface area (Å²) in [6, 6.07) is 54.8. The van der Waals surface area contributed by atoms with Gasteiger partial charge in [-0.25, -0.2) is 0 Å². The highest BCUT2D eigenvalue weighted by atomic mass is 15.1. The van der Waals surface area contributed by atoms with E-state index in [9.17, 15) is 0 Å². The first kappa shape index (κ1) is 40.1. The summed E-state index contributed by atoms with van der Waals surface area (Å²) >= 11 is 0. The summed E-state index contributed by atoms with van der Waals surface area (Å²) in [5.41, 5.74) is 25.3. The maximum Gasteiger partial charge on any atom is 0.0366 e. The highest BCUT2D eigenvalue weighted by Crippen LogP contribution is 2.22. The zero-order valence-electron chi connectivity index (χ0n) is 33.7. The van der Waals surface area contributed by atoms with E-state index in [4.69, 9.17) is 11.5 Å². The number of benzene rings is 6. The summed E-state index contributed by atoms with van der Waals surface area (Å²) in [6.07, 6.45) is 0.983. The van der Waals surface area contributed by atoms with Gasteiger partial charge in [-0.1, -0.05) is 103 Å². The Kier molecular flexibility index (Phi) is 14.6. The van der Waals surface area contributed by atoms with E-state index < -0.39 is 0 Å². The molecule has 6 nitrogen and oxygen atoms in total. The van der Waals surface area contributed by atoms with Gasteiger partial charge < -0.3 is 21.3 Å². The minimum atomic E-state index is 0.789. The van der Waals surface area contributed by atoms with Crippen LogP contribution < -0.4 is 21.3 Å². The molecule has 0 bridgehead atoms. The SMILES string of the molecule is CCN(CC)c1ccc(CN(Cc2ccccc2)Cc2ccc(N(CC)CCc3cccc(CN(Cc4ccc(N)cc4)Cc4ccc(N)cc4)c3)cc2)cc1. The van der Waals surface area contributed by atoms with Gasteiger partial charge in [0.1, 0.15) is 0 Å². The summed E-state index contributed by atoms with van der Waals surface area (Å²) in [5, 5.41) is 0. The van der Waals surface area contributed by atoms with Gasteiger partial charge in [-0.15, -0.1) is 0 Å². The van der Waals surface area contributed by atoms with Crippen molar-refractivity contribution in [2.24, 2.45) is 0 Å². The molecule has 0 saturated heterocycles. The first-order valence-electron chi connectivity index (χ1n) is 20.3. The number of nitrogen functional groups attached to an aromatic ring is 2. The van der Waals surface area contributed by atoms with Crippen LogP contribution in [0.25, 0.3) is 0 Å². The standard InChI is InChI=1S/C50H60N6/c1-4-55(5-2)49-27-19-44(20-28-49)37-53(34-41-11-8-7-9-12-41)38-45-21-29-50(30-22-45)56(6-3)32-31-40-13-10-14-46(33-40)39-54(35-42-15-23-47(51)24-16-42)36-43-17-25-48(52)26-18-43/h7-30,33H,4-6,31-32,34-39,51-52H2,1-3H3. The monoisotopic (exact) mass is 744 g/mol. The first-order valence-corrected chi connectivity index (χ1v) is 20.3. The van der Waals surface area contributed by atoms with E-state index in [1.807, 2.05) is 24.3 Å². The second kappa shape index (κ2) is 20.4. The third-order valence-corrected chi connectivity index (χ3v) is 10.6. The molecule has 6 aromatic rings. The molecule has 0 unspecified atom stereocenters. The molecule has 0 amide bonds. The van der Waals surface area contributed by atoms with Crippen LogP contribution in [0.4, 0.5) is 22.7 Å². The van der Waals surface area contributed by atoms with Crippen molar-refractivity contribution in [1.29, 1.82) is 0 Å². The van der Waals surface area contributed by atoms with Crippen LogP contribution in [0.2, 0.25) is 0 Å². The lowest BCUT2D eigenvalue weighted by Crippen LogP contribution is -2.26. The molecule has 4 N–H and O–H groups in total. The zero-order valence-corrected chi connectivity index (χ0v) is 33.7. The molecule has 6 rings (SSSR count). The maximum atomic E-state index is 5.99. The van der Waals surface area contributed by atoms with Gasteiger partial charge in [0.25, 0.3) is 0 Å². The third kappa shape index (κ3) is 12.0. The Morgan fingerprint density at radius 2 is 0.714 bits per heavy atom. The number of hydrogen-bond acceptors (Lipinski definition) is 6. The van der Waals surface area contributed by atoms with Crippen LogP contribution >= 0.6 is 0 Å². The van der Waals surface area contributed by atoms with Gasteiger partial charge in [0.05, 0.1) is 0 Å². The Labute approximate surface area is 336 Å². The minimum Gasteiger partial charge on any atom is -0.399 e. The molecule has 290 valence electrons. The van der Waals surface area contributed by atoms with Crippen molar-refractivity contribution < 1.29 is 0 Å². The van der Waals surface area contributed by atoms with Crippen LogP contribution in [0.5, 0.6) is 0 Å². The van der Waals surface area contributed by atoms with Gasteiger partial charge >= 0.3 is 0 Å². The normalized spacial score (nSPS) is 11.3. The molecule has 0 radical (unpaired) electrons. The molecule has 0 spiro atoms. The second-order valence-electron chi connectivity index (χ2n) is 14.9. The van der Waals surface area contributed by atoms with Crippen molar-refractivity contribution >= 4 is 22.7 Å². The fraction of sp³-hybridized carbons (Fsp3) is 0.280. The van der Waals surface area contributed by atoms with Gasteiger partial charge in [-0.2, -0.15) is 0 Å². The van der Waals surface area contributed by atoms with Crippen LogP contribution in [-0.2, 0) is 45.7 Å². The molecule has 0 aromatic heterocycles. The molecule has 0 aliphatic carbocycles. The Morgan fingerprint density at radius 3 is 1.16 bits per heavy atom. The number of rotatable bonds is 20. The lowest BCUT2D eigenvalue weighted by Gasteiger charge is -2.26. The third-order valence-electron chi connectivity index (χ3n) is 10.6. The average molecular weight is 745 g/mol. The van der Waals surface area contributed by atoms with Crippen LogP contribution in [0.1, 0.15) is 59.7 Å². The summed E-state index contributed by atoms with van der Waals surface area (Å²) in [6.45, 7) is 15.9. The molecule has 0 aliphatic heterocycles. The van der Waals surface area contributed by atoms with Gasteiger partial charge in [0.2, 0.25) is 0 Å². The van der Waals surface area contributed by atoms with Gasteiger partial charge in [0, 0.05) is 88.2 Å². The van der Waals surface area contributed by atoms with Crippen molar-refractivity contribution in [3.05, 3.63) is 191 Å². The molecule has 0 fully saturated rings. The number of likely N-dealkylation sites (N-methyl/N-ethyl adjacent to an activating group) is 1. The Morgan fingerprint density at radius 1 is 0.357 bits per heavy atom. The predicted octanol–water partition coefficient (Wildman–Crippen LogP) is 10.2. The Hall–Kier alpha value is -5.56. The smallest absolute Gasteiger partial charge is 0.0366 e. The van der Waals surface area contributed by atoms with Gasteiger partial charge in [-0.3, -0.25) is 9.80 Å². The predicted molar refractivity (Wildman–Crippen MR) is 239 cm³/mol. The molecule has 0 saturated carbocycles. The van der Waals surface area contributed by atoms with E-state index in [0.717, 1.165) is 83.2 Å². The van der Waals surface area contributed by atoms with Crippen LogP contribution in [0.15, 0.2) is 152 Å². The minimum absolute atomic E-state index is 0.789. The van der Waals surface area contributed by atoms with Crippen molar-refractivity contribution in [3.8, 4) is 0 Å². The number of anilines is 4. The largest absolute Gasteiger partial charge is 0.399 e. The number of hydrogen-bond donors (Lipinski definition) is 2. The Balaban J connectivity index is 1.09. The van der Waals surface area contributed by atoms with E-state index in [2.05, 4.69) is 168 Å². The molecule has 0 atom stereocenters. The lowest BCUT2D eigenvalue weighted by atomic mass is 10.1. The fourth-order valence-electron chi connectivity index (χ4n) is 7.54. The summed E-state index contributed by atoms with van der Waals surface area (Å²) < 4.78 is 0. The molecule has 0 heterocycles. The Bertz CT molecular complexity index is 1980. The van der Waals surface area contributed by atoms with Crippen molar-refractivity contribution in [2.75, 3.05) is 47.4 Å².